The Morgan fingerprint density at radius 3 is 2.35 bits per heavy atom. The van der Waals surface area contributed by atoms with Crippen LogP contribution in [-0.2, 0) is 4.74 Å². The van der Waals surface area contributed by atoms with Crippen LogP contribution in [0, 0.1) is 18.3 Å². The number of nitriles is 1. The molecular formula is C19H25N3O4. The number of amides is 1. The van der Waals surface area contributed by atoms with Gasteiger partial charge >= 0.3 is 6.09 Å². The zero-order valence-corrected chi connectivity index (χ0v) is 15.1. The highest BCUT2D eigenvalue weighted by atomic mass is 16.5. The second-order valence-electron chi connectivity index (χ2n) is 7.01. The maximum Gasteiger partial charge on any atom is 0.407 e. The molecule has 1 amide bonds. The maximum atomic E-state index is 10.9. The molecule has 3 rings (SSSR count). The van der Waals surface area contributed by atoms with E-state index in [9.17, 15) is 4.79 Å². The molecule has 1 saturated carbocycles. The van der Waals surface area contributed by atoms with Crippen LogP contribution in [0.15, 0.2) is 12.1 Å². The number of aryl methyl sites for hydroxylation is 1. The van der Waals surface area contributed by atoms with E-state index in [1.54, 1.807) is 6.07 Å². The molecule has 140 valence electrons. The molecule has 1 N–H and O–H groups in total. The lowest BCUT2D eigenvalue weighted by molar-refractivity contribution is -0.0641. The fourth-order valence-electron chi connectivity index (χ4n) is 3.66. The van der Waals surface area contributed by atoms with E-state index < -0.39 is 6.09 Å². The number of rotatable bonds is 4. The highest BCUT2D eigenvalue weighted by Crippen LogP contribution is 2.28. The minimum Gasteiger partial charge on any atom is -0.489 e. The lowest BCUT2D eigenvalue weighted by Crippen LogP contribution is -2.41. The number of likely N-dealkylation sites (tertiary alicyclic amines) is 1. The first-order valence-corrected chi connectivity index (χ1v) is 9.23. The molecule has 7 nitrogen and oxygen atoms in total. The standard InChI is InChI=1S/C19H25N3O4/c1-13-18(7-2-14(12-20)21-13)26-16-5-3-15(4-6-16)25-17-8-10-22(11-9-17)19(23)24/h2,7,15-17H,3-6,8-11H2,1H3,(H,23,24). The SMILES string of the molecule is Cc1nc(C#N)ccc1OC1CCC(OC2CCN(C(=O)O)CC2)CC1. The van der Waals surface area contributed by atoms with Gasteiger partial charge in [-0.25, -0.2) is 9.78 Å². The van der Waals surface area contributed by atoms with Crippen molar-refractivity contribution in [3.8, 4) is 11.8 Å². The van der Waals surface area contributed by atoms with Crippen molar-refractivity contribution in [2.75, 3.05) is 13.1 Å². The lowest BCUT2D eigenvalue weighted by atomic mass is 9.94. The van der Waals surface area contributed by atoms with Crippen LogP contribution in [0.5, 0.6) is 5.75 Å². The Morgan fingerprint density at radius 2 is 1.77 bits per heavy atom. The molecule has 0 radical (unpaired) electrons. The average Bonchev–Trinajstić information content (AvgIpc) is 2.65. The molecule has 0 bridgehead atoms. The van der Waals surface area contributed by atoms with Crippen molar-refractivity contribution >= 4 is 6.09 Å². The number of aromatic nitrogens is 1. The van der Waals surface area contributed by atoms with Gasteiger partial charge in [-0.1, -0.05) is 0 Å². The molecule has 0 aromatic carbocycles. The number of ether oxygens (including phenoxy) is 2. The summed E-state index contributed by atoms with van der Waals surface area (Å²) >= 11 is 0. The summed E-state index contributed by atoms with van der Waals surface area (Å²) in [5, 5.41) is 17.9. The third-order valence-corrected chi connectivity index (χ3v) is 5.16. The van der Waals surface area contributed by atoms with Gasteiger partial charge in [0, 0.05) is 13.1 Å². The predicted molar refractivity (Wildman–Crippen MR) is 94.1 cm³/mol. The first-order valence-electron chi connectivity index (χ1n) is 9.23. The summed E-state index contributed by atoms with van der Waals surface area (Å²) in [6.07, 6.45) is 5.02. The van der Waals surface area contributed by atoms with Gasteiger partial charge in [-0.2, -0.15) is 5.26 Å². The van der Waals surface area contributed by atoms with E-state index in [1.165, 1.54) is 4.90 Å². The van der Waals surface area contributed by atoms with Crippen molar-refractivity contribution in [3.05, 3.63) is 23.5 Å². The van der Waals surface area contributed by atoms with Gasteiger partial charge in [0.2, 0.25) is 0 Å². The van der Waals surface area contributed by atoms with E-state index in [1.807, 2.05) is 19.1 Å². The van der Waals surface area contributed by atoms with Gasteiger partial charge in [0.15, 0.2) is 0 Å². The molecule has 1 saturated heterocycles. The second-order valence-corrected chi connectivity index (χ2v) is 7.01. The molecule has 1 aromatic heterocycles. The van der Waals surface area contributed by atoms with Gasteiger partial charge in [-0.05, 0) is 57.6 Å². The number of nitrogens with zero attached hydrogens (tertiary/aromatic N) is 3. The van der Waals surface area contributed by atoms with Gasteiger partial charge in [-0.15, -0.1) is 0 Å². The molecule has 7 heteroatoms. The van der Waals surface area contributed by atoms with Crippen LogP contribution >= 0.6 is 0 Å². The monoisotopic (exact) mass is 359 g/mol. The zero-order valence-electron chi connectivity index (χ0n) is 15.1. The number of hydrogen-bond acceptors (Lipinski definition) is 5. The number of carbonyl (C=O) groups is 1. The van der Waals surface area contributed by atoms with Crippen molar-refractivity contribution < 1.29 is 19.4 Å². The molecule has 1 aliphatic heterocycles. The highest BCUT2D eigenvalue weighted by Gasteiger charge is 2.28. The van der Waals surface area contributed by atoms with Gasteiger partial charge in [0.05, 0.1) is 24.0 Å². The Morgan fingerprint density at radius 1 is 1.15 bits per heavy atom. The largest absolute Gasteiger partial charge is 0.489 e. The van der Waals surface area contributed by atoms with Crippen LogP contribution in [0.2, 0.25) is 0 Å². The molecule has 2 fully saturated rings. The van der Waals surface area contributed by atoms with E-state index in [0.717, 1.165) is 50.0 Å². The van der Waals surface area contributed by atoms with Crippen LogP contribution in [0.25, 0.3) is 0 Å². The first kappa shape index (κ1) is 18.5. The molecule has 2 heterocycles. The van der Waals surface area contributed by atoms with E-state index in [-0.39, 0.29) is 18.3 Å². The van der Waals surface area contributed by atoms with E-state index >= 15 is 0 Å². The summed E-state index contributed by atoms with van der Waals surface area (Å²) in [5.41, 5.74) is 1.15. The van der Waals surface area contributed by atoms with Crippen LogP contribution < -0.4 is 4.74 Å². The average molecular weight is 359 g/mol. The number of hydrogen-bond donors (Lipinski definition) is 1. The minimum absolute atomic E-state index is 0.150. The highest BCUT2D eigenvalue weighted by molar-refractivity contribution is 5.65. The quantitative estimate of drug-likeness (QED) is 0.887. The Labute approximate surface area is 153 Å². The smallest absolute Gasteiger partial charge is 0.407 e. The Bertz CT molecular complexity index is 672. The molecule has 0 spiro atoms. The predicted octanol–water partition coefficient (Wildman–Crippen LogP) is 3.11. The molecule has 2 aliphatic rings. The van der Waals surface area contributed by atoms with Gasteiger partial charge in [-0.3, -0.25) is 0 Å². The Hall–Kier alpha value is -2.33. The van der Waals surface area contributed by atoms with Gasteiger partial charge in [0.25, 0.3) is 0 Å². The lowest BCUT2D eigenvalue weighted by Gasteiger charge is -2.35. The number of pyridine rings is 1. The van der Waals surface area contributed by atoms with Crippen molar-refractivity contribution in [3.63, 3.8) is 0 Å². The molecule has 26 heavy (non-hydrogen) atoms. The maximum absolute atomic E-state index is 10.9. The zero-order chi connectivity index (χ0) is 18.5. The van der Waals surface area contributed by atoms with Gasteiger partial charge in [0.1, 0.15) is 17.5 Å². The van der Waals surface area contributed by atoms with Crippen LogP contribution in [-0.4, -0.2) is 52.5 Å². The topological polar surface area (TPSA) is 95.7 Å². The Balaban J connectivity index is 1.42. The summed E-state index contributed by atoms with van der Waals surface area (Å²) in [4.78, 5) is 16.6. The van der Waals surface area contributed by atoms with Crippen molar-refractivity contribution in [1.82, 2.24) is 9.88 Å². The Kier molecular flexibility index (Phi) is 5.94. The third kappa shape index (κ3) is 4.64. The summed E-state index contributed by atoms with van der Waals surface area (Å²) in [7, 11) is 0. The van der Waals surface area contributed by atoms with E-state index in [4.69, 9.17) is 19.8 Å². The van der Waals surface area contributed by atoms with Crippen LogP contribution in [0.3, 0.4) is 0 Å². The number of carboxylic acid groups (broad SMARTS) is 1. The van der Waals surface area contributed by atoms with Crippen molar-refractivity contribution in [2.45, 2.75) is 63.8 Å². The molecule has 1 aliphatic carbocycles. The summed E-state index contributed by atoms with van der Waals surface area (Å²) in [5.74, 6) is 0.745. The minimum atomic E-state index is -0.839. The van der Waals surface area contributed by atoms with Crippen molar-refractivity contribution in [2.24, 2.45) is 0 Å². The number of piperidine rings is 1. The fraction of sp³-hybridized carbons (Fsp3) is 0.632. The molecular weight excluding hydrogens is 334 g/mol. The molecule has 1 aromatic rings. The van der Waals surface area contributed by atoms with Crippen molar-refractivity contribution in [1.29, 1.82) is 5.26 Å². The summed E-state index contributed by atoms with van der Waals surface area (Å²) in [6, 6.07) is 5.53. The summed E-state index contributed by atoms with van der Waals surface area (Å²) < 4.78 is 12.3. The molecule has 0 unspecified atom stereocenters. The van der Waals surface area contributed by atoms with Crippen LogP contribution in [0.4, 0.5) is 4.79 Å². The first-order chi connectivity index (χ1) is 12.5. The third-order valence-electron chi connectivity index (χ3n) is 5.16. The molecule has 0 atom stereocenters. The van der Waals surface area contributed by atoms with E-state index in [0.29, 0.717) is 18.8 Å². The summed E-state index contributed by atoms with van der Waals surface area (Å²) in [6.45, 7) is 2.97. The van der Waals surface area contributed by atoms with Crippen LogP contribution in [0.1, 0.15) is 49.9 Å². The normalized spacial score (nSPS) is 24.1. The fourth-order valence-corrected chi connectivity index (χ4v) is 3.66. The second kappa shape index (κ2) is 8.37. The van der Waals surface area contributed by atoms with E-state index in [2.05, 4.69) is 4.98 Å². The van der Waals surface area contributed by atoms with Gasteiger partial charge < -0.3 is 19.5 Å².